The second-order valence-corrected chi connectivity index (χ2v) is 4.78. The molecule has 2 heterocycles. The molecule has 1 atom stereocenters. The van der Waals surface area contributed by atoms with Crippen molar-refractivity contribution in [1.82, 2.24) is 9.97 Å². The maximum Gasteiger partial charge on any atom is 0.339 e. The standard InChI is InChI=1S/C16H12F2N2O2/c1-9(14-12(17)3-2-4-13(14)18)22-16(21)11-6-8-20-15-10(11)5-7-19-15/h2-9H,1H3,(H,19,20). The molecular formula is C16H12F2N2O2. The number of carbonyl (C=O) groups excluding carboxylic acids is 1. The molecule has 0 saturated heterocycles. The van der Waals surface area contributed by atoms with Gasteiger partial charge in [0.15, 0.2) is 0 Å². The molecule has 0 saturated carbocycles. The van der Waals surface area contributed by atoms with Crippen LogP contribution in [0.1, 0.15) is 28.9 Å². The number of nitrogens with one attached hydrogen (secondary N) is 1. The molecule has 0 fully saturated rings. The van der Waals surface area contributed by atoms with Gasteiger partial charge in [-0.15, -0.1) is 0 Å². The van der Waals surface area contributed by atoms with Gasteiger partial charge >= 0.3 is 5.97 Å². The molecule has 0 aliphatic heterocycles. The van der Waals surface area contributed by atoms with Crippen LogP contribution in [0.4, 0.5) is 8.78 Å². The molecule has 3 aromatic rings. The Balaban J connectivity index is 1.90. The van der Waals surface area contributed by atoms with E-state index in [0.717, 1.165) is 12.1 Å². The Labute approximate surface area is 124 Å². The molecule has 22 heavy (non-hydrogen) atoms. The molecule has 6 heteroatoms. The van der Waals surface area contributed by atoms with Crippen molar-refractivity contribution in [2.75, 3.05) is 0 Å². The van der Waals surface area contributed by atoms with Crippen LogP contribution in [0, 0.1) is 11.6 Å². The fourth-order valence-corrected chi connectivity index (χ4v) is 2.32. The van der Waals surface area contributed by atoms with Gasteiger partial charge in [0, 0.05) is 17.8 Å². The molecule has 3 rings (SSSR count). The topological polar surface area (TPSA) is 55.0 Å². The van der Waals surface area contributed by atoms with Crippen LogP contribution in [-0.2, 0) is 4.74 Å². The maximum absolute atomic E-state index is 13.7. The third-order valence-electron chi connectivity index (χ3n) is 3.37. The van der Waals surface area contributed by atoms with Crippen LogP contribution >= 0.6 is 0 Å². The quantitative estimate of drug-likeness (QED) is 0.749. The van der Waals surface area contributed by atoms with Crippen molar-refractivity contribution in [1.29, 1.82) is 0 Å². The molecule has 2 aromatic heterocycles. The van der Waals surface area contributed by atoms with E-state index in [1.807, 2.05) is 0 Å². The van der Waals surface area contributed by atoms with E-state index in [4.69, 9.17) is 4.74 Å². The first-order valence-electron chi connectivity index (χ1n) is 6.65. The lowest BCUT2D eigenvalue weighted by molar-refractivity contribution is 0.0326. The predicted molar refractivity (Wildman–Crippen MR) is 76.3 cm³/mol. The van der Waals surface area contributed by atoms with Gasteiger partial charge < -0.3 is 9.72 Å². The summed E-state index contributed by atoms with van der Waals surface area (Å²) in [6.07, 6.45) is 2.06. The minimum atomic E-state index is -1.05. The van der Waals surface area contributed by atoms with Crippen molar-refractivity contribution >= 4 is 17.0 Å². The molecule has 0 bridgehead atoms. The average Bonchev–Trinajstić information content (AvgIpc) is 2.95. The minimum Gasteiger partial charge on any atom is -0.454 e. The first-order chi connectivity index (χ1) is 10.6. The lowest BCUT2D eigenvalue weighted by atomic mass is 10.1. The second kappa shape index (κ2) is 5.55. The smallest absolute Gasteiger partial charge is 0.339 e. The van der Waals surface area contributed by atoms with Crippen LogP contribution in [-0.4, -0.2) is 15.9 Å². The SMILES string of the molecule is CC(OC(=O)c1ccnc2[nH]ccc12)c1c(F)cccc1F. The number of nitrogens with zero attached hydrogens (tertiary/aromatic N) is 1. The Morgan fingerprint density at radius 3 is 2.68 bits per heavy atom. The van der Waals surface area contributed by atoms with Gasteiger partial charge in [-0.05, 0) is 31.2 Å². The van der Waals surface area contributed by atoms with Gasteiger partial charge in [0.1, 0.15) is 23.4 Å². The van der Waals surface area contributed by atoms with Gasteiger partial charge in [0.25, 0.3) is 0 Å². The first-order valence-corrected chi connectivity index (χ1v) is 6.65. The third-order valence-corrected chi connectivity index (χ3v) is 3.37. The number of hydrogen-bond donors (Lipinski definition) is 1. The summed E-state index contributed by atoms with van der Waals surface area (Å²) in [6.45, 7) is 1.43. The molecular weight excluding hydrogens is 290 g/mol. The number of carbonyl (C=O) groups is 1. The molecule has 0 aliphatic carbocycles. The second-order valence-electron chi connectivity index (χ2n) is 4.78. The number of aromatic nitrogens is 2. The van der Waals surface area contributed by atoms with Gasteiger partial charge in [-0.2, -0.15) is 0 Å². The zero-order chi connectivity index (χ0) is 15.7. The Morgan fingerprint density at radius 1 is 1.23 bits per heavy atom. The molecule has 1 unspecified atom stereocenters. The molecule has 0 aliphatic rings. The van der Waals surface area contributed by atoms with Crippen molar-refractivity contribution in [2.24, 2.45) is 0 Å². The van der Waals surface area contributed by atoms with Gasteiger partial charge in [-0.25, -0.2) is 18.6 Å². The monoisotopic (exact) mass is 302 g/mol. The summed E-state index contributed by atoms with van der Waals surface area (Å²) in [6, 6.07) is 6.70. The molecule has 4 nitrogen and oxygen atoms in total. The number of ether oxygens (including phenoxy) is 1. The van der Waals surface area contributed by atoms with Crippen LogP contribution in [0.25, 0.3) is 11.0 Å². The van der Waals surface area contributed by atoms with Crippen molar-refractivity contribution in [3.63, 3.8) is 0 Å². The maximum atomic E-state index is 13.7. The Morgan fingerprint density at radius 2 is 1.95 bits per heavy atom. The van der Waals surface area contributed by atoms with Crippen molar-refractivity contribution < 1.29 is 18.3 Å². The summed E-state index contributed by atoms with van der Waals surface area (Å²) in [5.41, 5.74) is 0.559. The number of halogens is 2. The highest BCUT2D eigenvalue weighted by Crippen LogP contribution is 2.25. The van der Waals surface area contributed by atoms with Crippen LogP contribution in [0.2, 0.25) is 0 Å². The average molecular weight is 302 g/mol. The van der Waals surface area contributed by atoms with Gasteiger partial charge in [-0.1, -0.05) is 6.07 Å². The fraction of sp³-hybridized carbons (Fsp3) is 0.125. The zero-order valence-corrected chi connectivity index (χ0v) is 11.6. The van der Waals surface area contributed by atoms with E-state index < -0.39 is 23.7 Å². The van der Waals surface area contributed by atoms with Crippen molar-refractivity contribution in [2.45, 2.75) is 13.0 Å². The summed E-state index contributed by atoms with van der Waals surface area (Å²) in [5.74, 6) is -2.16. The van der Waals surface area contributed by atoms with E-state index in [1.165, 1.54) is 25.3 Å². The predicted octanol–water partition coefficient (Wildman–Crippen LogP) is 3.76. The number of rotatable bonds is 3. The van der Waals surface area contributed by atoms with E-state index in [1.54, 1.807) is 12.3 Å². The van der Waals surface area contributed by atoms with Gasteiger partial charge in [0.05, 0.1) is 11.1 Å². The highest BCUT2D eigenvalue weighted by molar-refractivity contribution is 6.02. The van der Waals surface area contributed by atoms with E-state index >= 15 is 0 Å². The molecule has 0 spiro atoms. The summed E-state index contributed by atoms with van der Waals surface area (Å²) < 4.78 is 32.6. The number of aromatic amines is 1. The molecule has 0 amide bonds. The number of fused-ring (bicyclic) bond motifs is 1. The number of benzene rings is 1. The van der Waals surface area contributed by atoms with E-state index in [2.05, 4.69) is 9.97 Å². The number of H-pyrrole nitrogens is 1. The largest absolute Gasteiger partial charge is 0.454 e. The number of esters is 1. The van der Waals surface area contributed by atoms with E-state index in [9.17, 15) is 13.6 Å². The van der Waals surface area contributed by atoms with Crippen LogP contribution < -0.4 is 0 Å². The number of pyridine rings is 1. The summed E-state index contributed by atoms with van der Waals surface area (Å²) in [4.78, 5) is 19.2. The van der Waals surface area contributed by atoms with Crippen molar-refractivity contribution in [3.8, 4) is 0 Å². The van der Waals surface area contributed by atoms with E-state index in [0.29, 0.717) is 11.0 Å². The summed E-state index contributed by atoms with van der Waals surface area (Å²) in [5, 5.41) is 0.591. The molecule has 1 N–H and O–H groups in total. The van der Waals surface area contributed by atoms with Gasteiger partial charge in [-0.3, -0.25) is 0 Å². The van der Waals surface area contributed by atoms with Gasteiger partial charge in [0.2, 0.25) is 0 Å². The normalized spacial score (nSPS) is 12.3. The van der Waals surface area contributed by atoms with Crippen LogP contribution in [0.15, 0.2) is 42.7 Å². The summed E-state index contributed by atoms with van der Waals surface area (Å²) in [7, 11) is 0. The highest BCUT2D eigenvalue weighted by Gasteiger charge is 2.21. The van der Waals surface area contributed by atoms with Crippen LogP contribution in [0.3, 0.4) is 0 Å². The van der Waals surface area contributed by atoms with Crippen molar-refractivity contribution in [3.05, 3.63) is 65.5 Å². The Hall–Kier alpha value is -2.76. The Bertz CT molecular complexity index is 825. The molecule has 112 valence electrons. The Kier molecular flexibility index (Phi) is 3.58. The first kappa shape index (κ1) is 14.2. The molecule has 0 radical (unpaired) electrons. The lowest BCUT2D eigenvalue weighted by Crippen LogP contribution is -2.12. The third kappa shape index (κ3) is 2.43. The van der Waals surface area contributed by atoms with Crippen LogP contribution in [0.5, 0.6) is 0 Å². The minimum absolute atomic E-state index is 0.268. The summed E-state index contributed by atoms with van der Waals surface area (Å²) >= 11 is 0. The highest BCUT2D eigenvalue weighted by atomic mass is 19.1. The zero-order valence-electron chi connectivity index (χ0n) is 11.6. The van der Waals surface area contributed by atoms with E-state index in [-0.39, 0.29) is 11.1 Å². The lowest BCUT2D eigenvalue weighted by Gasteiger charge is -2.15. The fourth-order valence-electron chi connectivity index (χ4n) is 2.32. The molecule has 1 aromatic carbocycles. The number of hydrogen-bond acceptors (Lipinski definition) is 3.